The van der Waals surface area contributed by atoms with Crippen LogP contribution in [0.4, 0.5) is 17.3 Å². The molecule has 0 aliphatic heterocycles. The number of sulfonamides is 2. The maximum absolute atomic E-state index is 12.8. The summed E-state index contributed by atoms with van der Waals surface area (Å²) in [4.78, 5) is 21.0. The van der Waals surface area contributed by atoms with E-state index in [1.54, 1.807) is 50.2 Å². The Morgan fingerprint density at radius 1 is 0.780 bits per heavy atom. The van der Waals surface area contributed by atoms with Crippen LogP contribution in [0.25, 0.3) is 0 Å². The lowest BCUT2D eigenvalue weighted by Gasteiger charge is -2.23. The van der Waals surface area contributed by atoms with E-state index in [1.165, 1.54) is 28.6 Å². The monoisotopic (exact) mass is 593 g/mol. The molecule has 1 aromatic heterocycles. The lowest BCUT2D eigenvalue weighted by Crippen LogP contribution is -2.29. The van der Waals surface area contributed by atoms with E-state index in [2.05, 4.69) is 20.0 Å². The molecule has 0 saturated heterocycles. The molecule has 2 N–H and O–H groups in total. The van der Waals surface area contributed by atoms with Crippen LogP contribution >= 0.6 is 0 Å². The largest absolute Gasteiger partial charge is 0.322 e. The van der Waals surface area contributed by atoms with Crippen LogP contribution in [0.5, 0.6) is 0 Å². The Morgan fingerprint density at radius 2 is 1.39 bits per heavy atom. The first-order valence-electron chi connectivity index (χ1n) is 12.6. The highest BCUT2D eigenvalue weighted by Gasteiger charge is 2.19. The molecule has 0 atom stereocenters. The zero-order valence-corrected chi connectivity index (χ0v) is 25.0. The molecule has 1 amide bonds. The van der Waals surface area contributed by atoms with Crippen LogP contribution in [0.3, 0.4) is 0 Å². The lowest BCUT2D eigenvalue weighted by atomic mass is 10.1. The molecule has 0 spiro atoms. The van der Waals surface area contributed by atoms with E-state index in [4.69, 9.17) is 0 Å². The van der Waals surface area contributed by atoms with Gasteiger partial charge in [0, 0.05) is 22.6 Å². The Kier molecular flexibility index (Phi) is 8.45. The molecule has 0 saturated carbocycles. The van der Waals surface area contributed by atoms with E-state index in [9.17, 15) is 21.6 Å². The molecule has 1 heterocycles. The SMILES string of the molecule is Cc1cc(C)nc(NS(=O)(=O)c2ccc(NC(=O)c3ccc(CN(c4ccc(C)c(C)c4)S(C)(=O)=O)cc3)cc2)n1. The number of benzene rings is 3. The molecule has 0 aliphatic rings. The van der Waals surface area contributed by atoms with Gasteiger partial charge in [-0.05, 0) is 99.0 Å². The second-order valence-electron chi connectivity index (χ2n) is 9.79. The summed E-state index contributed by atoms with van der Waals surface area (Å²) in [6, 6.07) is 19.6. The van der Waals surface area contributed by atoms with Gasteiger partial charge in [0.15, 0.2) is 0 Å². The third kappa shape index (κ3) is 7.47. The standard InChI is InChI=1S/C29H31N5O5S2/c1-19-6-13-26(16-20(19)2)34(40(5,36)37)18-23-7-9-24(10-8-23)28(35)32-25-11-14-27(15-12-25)41(38,39)33-29-30-21(3)17-22(4)31-29/h6-17H,18H2,1-5H3,(H,32,35)(H,30,31,33). The van der Waals surface area contributed by atoms with Crippen molar-refractivity contribution in [3.05, 3.63) is 106 Å². The van der Waals surface area contributed by atoms with Crippen LogP contribution in [-0.4, -0.2) is 39.0 Å². The predicted molar refractivity (Wildman–Crippen MR) is 160 cm³/mol. The van der Waals surface area contributed by atoms with Gasteiger partial charge in [0.2, 0.25) is 16.0 Å². The van der Waals surface area contributed by atoms with E-state index in [-0.39, 0.29) is 17.4 Å². The van der Waals surface area contributed by atoms with Crippen molar-refractivity contribution in [2.45, 2.75) is 39.1 Å². The van der Waals surface area contributed by atoms with Crippen molar-refractivity contribution in [1.82, 2.24) is 9.97 Å². The van der Waals surface area contributed by atoms with E-state index >= 15 is 0 Å². The number of nitrogens with zero attached hydrogens (tertiary/aromatic N) is 3. The normalized spacial score (nSPS) is 11.6. The van der Waals surface area contributed by atoms with Crippen molar-refractivity contribution < 1.29 is 21.6 Å². The molecule has 3 aromatic carbocycles. The van der Waals surface area contributed by atoms with Crippen LogP contribution < -0.4 is 14.3 Å². The number of nitrogens with one attached hydrogen (secondary N) is 2. The van der Waals surface area contributed by atoms with Crippen molar-refractivity contribution in [3.63, 3.8) is 0 Å². The molecule has 4 aromatic rings. The summed E-state index contributed by atoms with van der Waals surface area (Å²) in [5.41, 5.74) is 5.36. The minimum Gasteiger partial charge on any atom is -0.322 e. The summed E-state index contributed by atoms with van der Waals surface area (Å²) in [6.07, 6.45) is 1.16. The number of aromatic nitrogens is 2. The molecule has 0 aliphatic carbocycles. The van der Waals surface area contributed by atoms with E-state index in [1.807, 2.05) is 26.0 Å². The third-order valence-corrected chi connectivity index (χ3v) is 8.84. The number of carbonyl (C=O) groups is 1. The van der Waals surface area contributed by atoms with E-state index < -0.39 is 26.0 Å². The summed E-state index contributed by atoms with van der Waals surface area (Å²) in [6.45, 7) is 7.49. The van der Waals surface area contributed by atoms with Crippen LogP contribution in [0, 0.1) is 27.7 Å². The van der Waals surface area contributed by atoms with Crippen LogP contribution in [0.2, 0.25) is 0 Å². The maximum Gasteiger partial charge on any atom is 0.264 e. The Balaban J connectivity index is 1.43. The lowest BCUT2D eigenvalue weighted by molar-refractivity contribution is 0.102. The van der Waals surface area contributed by atoms with Gasteiger partial charge >= 0.3 is 0 Å². The van der Waals surface area contributed by atoms with Crippen molar-refractivity contribution in [2.75, 3.05) is 20.6 Å². The Labute approximate surface area is 240 Å². The molecular formula is C29H31N5O5S2. The van der Waals surface area contributed by atoms with Gasteiger partial charge < -0.3 is 5.32 Å². The third-order valence-electron chi connectivity index (χ3n) is 6.35. The second kappa shape index (κ2) is 11.7. The minimum atomic E-state index is -3.93. The summed E-state index contributed by atoms with van der Waals surface area (Å²) >= 11 is 0. The van der Waals surface area contributed by atoms with Gasteiger partial charge in [-0.2, -0.15) is 0 Å². The maximum atomic E-state index is 12.8. The van der Waals surface area contributed by atoms with Crippen molar-refractivity contribution in [3.8, 4) is 0 Å². The molecule has 41 heavy (non-hydrogen) atoms. The Bertz CT molecular complexity index is 1790. The fourth-order valence-electron chi connectivity index (χ4n) is 4.08. The molecule has 0 unspecified atom stereocenters. The smallest absolute Gasteiger partial charge is 0.264 e. The number of anilines is 3. The number of hydrogen-bond donors (Lipinski definition) is 2. The summed E-state index contributed by atoms with van der Waals surface area (Å²) < 4.78 is 54.3. The summed E-state index contributed by atoms with van der Waals surface area (Å²) in [7, 11) is -7.48. The van der Waals surface area contributed by atoms with Gasteiger partial charge in [0.1, 0.15) is 0 Å². The van der Waals surface area contributed by atoms with Crippen molar-refractivity contribution in [1.29, 1.82) is 0 Å². The fraction of sp³-hybridized carbons (Fsp3) is 0.207. The van der Waals surface area contributed by atoms with Crippen LogP contribution in [-0.2, 0) is 26.6 Å². The molecule has 0 bridgehead atoms. The molecule has 0 radical (unpaired) electrons. The molecule has 4 rings (SSSR count). The zero-order valence-electron chi connectivity index (χ0n) is 23.3. The molecule has 0 fully saturated rings. The number of carbonyl (C=O) groups excluding carboxylic acids is 1. The highest BCUT2D eigenvalue weighted by Crippen LogP contribution is 2.24. The van der Waals surface area contributed by atoms with Gasteiger partial charge in [-0.3, -0.25) is 9.10 Å². The predicted octanol–water partition coefficient (Wildman–Crippen LogP) is 4.73. The van der Waals surface area contributed by atoms with Gasteiger partial charge in [0.05, 0.1) is 23.4 Å². The number of amides is 1. The highest BCUT2D eigenvalue weighted by atomic mass is 32.2. The first-order valence-corrected chi connectivity index (χ1v) is 15.9. The van der Waals surface area contributed by atoms with Crippen LogP contribution in [0.15, 0.2) is 77.7 Å². The van der Waals surface area contributed by atoms with Gasteiger partial charge in [-0.15, -0.1) is 0 Å². The molecule has 12 heteroatoms. The molecule has 10 nitrogen and oxygen atoms in total. The van der Waals surface area contributed by atoms with E-state index in [0.29, 0.717) is 33.9 Å². The van der Waals surface area contributed by atoms with Gasteiger partial charge in [0.25, 0.3) is 15.9 Å². The molecular weight excluding hydrogens is 562 g/mol. The average molecular weight is 594 g/mol. The highest BCUT2D eigenvalue weighted by molar-refractivity contribution is 7.92. The zero-order chi connectivity index (χ0) is 29.9. The quantitative estimate of drug-likeness (QED) is 0.286. The Morgan fingerprint density at radius 3 is 1.95 bits per heavy atom. The minimum absolute atomic E-state index is 0.0122. The number of rotatable bonds is 9. The van der Waals surface area contributed by atoms with Crippen LogP contribution in [0.1, 0.15) is 38.4 Å². The fourth-order valence-corrected chi connectivity index (χ4v) is 5.90. The van der Waals surface area contributed by atoms with Gasteiger partial charge in [-0.25, -0.2) is 31.5 Å². The topological polar surface area (TPSA) is 138 Å². The Hall–Kier alpha value is -4.29. The summed E-state index contributed by atoms with van der Waals surface area (Å²) in [5, 5.41) is 2.74. The number of hydrogen-bond acceptors (Lipinski definition) is 7. The summed E-state index contributed by atoms with van der Waals surface area (Å²) in [5.74, 6) is -0.417. The van der Waals surface area contributed by atoms with Crippen molar-refractivity contribution >= 4 is 43.3 Å². The average Bonchev–Trinajstić information content (AvgIpc) is 2.88. The second-order valence-corrected chi connectivity index (χ2v) is 13.4. The first-order chi connectivity index (χ1) is 19.2. The molecule has 214 valence electrons. The van der Waals surface area contributed by atoms with E-state index in [0.717, 1.165) is 17.4 Å². The number of aryl methyl sites for hydroxylation is 4. The van der Waals surface area contributed by atoms with Crippen molar-refractivity contribution in [2.24, 2.45) is 0 Å². The van der Waals surface area contributed by atoms with Gasteiger partial charge in [-0.1, -0.05) is 18.2 Å². The first kappa shape index (κ1) is 29.7.